The van der Waals surface area contributed by atoms with E-state index in [1.54, 1.807) is 47.2 Å². The van der Waals surface area contributed by atoms with E-state index < -0.39 is 35.9 Å². The number of anilines is 3. The van der Waals surface area contributed by atoms with Gasteiger partial charge < -0.3 is 41.6 Å². The normalized spacial score (nSPS) is 15.6. The minimum absolute atomic E-state index is 0.0427. The number of rotatable bonds is 14. The maximum atomic E-state index is 13.6. The lowest BCUT2D eigenvalue weighted by molar-refractivity contribution is 0.311. The van der Waals surface area contributed by atoms with Crippen LogP contribution >= 0.6 is 0 Å². The van der Waals surface area contributed by atoms with Crippen LogP contribution < -0.4 is 26.7 Å². The van der Waals surface area contributed by atoms with Crippen molar-refractivity contribution in [3.8, 4) is 45.7 Å². The van der Waals surface area contributed by atoms with Gasteiger partial charge in [0, 0.05) is 133 Å². The first-order valence-corrected chi connectivity index (χ1v) is 39.7. The van der Waals surface area contributed by atoms with Gasteiger partial charge in [0.2, 0.25) is 30.1 Å². The molecule has 3 fully saturated rings. The van der Waals surface area contributed by atoms with Crippen LogP contribution in [0.5, 0.6) is 11.5 Å². The number of imidazole rings is 3. The Kier molecular flexibility index (Phi) is 18.8. The molecule has 30 heteroatoms. The fraction of sp³-hybridized carbons (Fsp3) is 0.231. The molecule has 18 rings (SSSR count). The number of piperidine rings is 3. The molecule has 0 amide bonds. The largest absolute Gasteiger partial charge is 0.497 e. The summed E-state index contributed by atoms with van der Waals surface area (Å²) in [6.45, 7) is 4.23. The van der Waals surface area contributed by atoms with Gasteiger partial charge in [0.25, 0.3) is 0 Å². The van der Waals surface area contributed by atoms with E-state index in [9.17, 15) is 29.6 Å². The second-order valence-corrected chi connectivity index (χ2v) is 33.0. The van der Waals surface area contributed by atoms with Gasteiger partial charge in [0.1, 0.15) is 90.8 Å². The van der Waals surface area contributed by atoms with Crippen LogP contribution in [0.25, 0.3) is 83.4 Å². The van der Waals surface area contributed by atoms with Gasteiger partial charge in [-0.15, -0.1) is 0 Å². The molecule has 3 aliphatic heterocycles. The molecule has 0 bridgehead atoms. The topological polar surface area (TPSA) is 347 Å². The molecule has 0 saturated carbocycles. The summed E-state index contributed by atoms with van der Waals surface area (Å²) in [6, 6.07) is 47.1. The number of ether oxygens (including phenoxy) is 2. The number of para-hydroxylation sites is 3. The Morgan fingerprint density at radius 3 is 1.11 bits per heavy atom. The molecule has 0 unspecified atom stereocenters. The van der Waals surface area contributed by atoms with E-state index in [-0.39, 0.29) is 33.3 Å². The minimum Gasteiger partial charge on any atom is -0.497 e. The SMILES string of the molecule is COc1ccc(OC)c(S(=O)(=O)N2CCC(c3nc(-c4cc5ccccc5[nH]4)c4c(N)nccn34)CC2)c1.Cc1ccc(S(=O)(=O)N2CCC(c3nc(-c4cc5ccccc5[nH]4)c4c(N)nccn34)CC2)cc1.Nc1nccn2c(C3CCN(S(=O)(=O)c4ccc(F)cc4)CC3)nc(-c3cc4ccccc4[nH]3)c12. The van der Waals surface area contributed by atoms with Gasteiger partial charge in [0.05, 0.1) is 41.1 Å². The van der Waals surface area contributed by atoms with Crippen molar-refractivity contribution in [1.29, 1.82) is 0 Å². The van der Waals surface area contributed by atoms with Crippen LogP contribution in [0, 0.1) is 12.7 Å². The zero-order valence-electron chi connectivity index (χ0n) is 59.2. The highest BCUT2D eigenvalue weighted by molar-refractivity contribution is 7.89. The van der Waals surface area contributed by atoms with Gasteiger partial charge in [-0.1, -0.05) is 72.3 Å². The number of benzene rings is 6. The van der Waals surface area contributed by atoms with Crippen LogP contribution in [0.4, 0.5) is 21.8 Å². The number of aromatic nitrogens is 12. The number of aryl methyl sites for hydroxylation is 1. The molecule has 3 saturated heterocycles. The van der Waals surface area contributed by atoms with E-state index in [4.69, 9.17) is 41.6 Å². The van der Waals surface area contributed by atoms with Crippen molar-refractivity contribution in [2.45, 2.75) is 77.9 Å². The second kappa shape index (κ2) is 28.6. The lowest BCUT2D eigenvalue weighted by atomic mass is 9.97. The Morgan fingerprint density at radius 1 is 0.426 bits per heavy atom. The number of nitrogens with two attached hydrogens (primary N) is 3. The molecule has 26 nitrogen and oxygen atoms in total. The third-order valence-electron chi connectivity index (χ3n) is 20.7. The Balaban J connectivity index is 0.000000124. The van der Waals surface area contributed by atoms with E-state index in [0.717, 1.165) is 106 Å². The molecule has 9 aromatic heterocycles. The average Bonchev–Trinajstić information content (AvgIpc) is 1.63. The number of methoxy groups -OCH3 is 2. The van der Waals surface area contributed by atoms with Crippen molar-refractivity contribution < 1.29 is 39.1 Å². The summed E-state index contributed by atoms with van der Waals surface area (Å²) in [5, 5.41) is 3.26. The molecule has 0 spiro atoms. The number of nitrogens with zero attached hydrogens (tertiary/aromatic N) is 12. The maximum absolute atomic E-state index is 13.6. The number of nitrogen functional groups attached to an aromatic ring is 3. The molecule has 15 aromatic rings. The molecular weight excluding hydrogens is 1430 g/mol. The van der Waals surface area contributed by atoms with Crippen molar-refractivity contribution in [3.63, 3.8) is 0 Å². The van der Waals surface area contributed by atoms with Gasteiger partial charge >= 0.3 is 0 Å². The Hall–Kier alpha value is -11.5. The molecule has 0 atom stereocenters. The average molecular weight is 1510 g/mol. The third-order valence-corrected chi connectivity index (χ3v) is 26.5. The van der Waals surface area contributed by atoms with Gasteiger partial charge in [0.15, 0.2) is 0 Å². The molecule has 552 valence electrons. The van der Waals surface area contributed by atoms with Gasteiger partial charge in [-0.2, -0.15) is 12.9 Å². The number of sulfonamides is 3. The van der Waals surface area contributed by atoms with Gasteiger partial charge in [-0.25, -0.2) is 59.5 Å². The maximum Gasteiger partial charge on any atom is 0.246 e. The molecule has 0 radical (unpaired) electrons. The summed E-state index contributed by atoms with van der Waals surface area (Å²) in [5.41, 5.74) is 30.1. The highest BCUT2D eigenvalue weighted by Crippen LogP contribution is 2.42. The number of hydrogen-bond acceptors (Lipinski definition) is 17. The summed E-state index contributed by atoms with van der Waals surface area (Å²) in [7, 11) is -8.01. The van der Waals surface area contributed by atoms with Crippen LogP contribution in [-0.4, -0.2) is 150 Å². The summed E-state index contributed by atoms with van der Waals surface area (Å²) < 4.78 is 114. The highest BCUT2D eigenvalue weighted by Gasteiger charge is 2.37. The number of halogens is 1. The fourth-order valence-corrected chi connectivity index (χ4v) is 19.7. The van der Waals surface area contributed by atoms with E-state index >= 15 is 0 Å². The fourth-order valence-electron chi connectivity index (χ4n) is 15.1. The predicted octanol–water partition coefficient (Wildman–Crippen LogP) is 12.5. The molecule has 9 N–H and O–H groups in total. The first-order chi connectivity index (χ1) is 52.2. The minimum atomic E-state index is -3.78. The molecule has 3 aliphatic rings. The standard InChI is InChI=1S/C27H28N6O4S.C26H26N6O2S.C25H23FN6O2S/c1-36-19-7-8-22(37-2)23(16-19)38(34,35)32-12-9-17(10-13-32)27-31-24(25-26(28)29-11-14-33(25)27)21-15-18-5-3-4-6-20(18)30-21;1-17-6-8-20(9-7-17)35(33,34)31-13-10-18(11-14-31)26-30-23(24-25(27)28-12-15-32(24)26)22-16-19-4-2-3-5-21(19)29-22;26-18-5-7-19(8-6-18)35(33,34)31-12-9-16(10-13-31)25-30-22(23-24(27)28-11-14-32(23)25)21-15-17-3-1-2-4-20(17)29-21/h3-8,11,14-17,30H,9-10,12-13H2,1-2H3,(H2,28,29);2-9,12,15-16,18,29H,10-11,13-14H2,1H3,(H2,27,28);1-8,11,14-16,29H,9-10,12-13H2,(H2,27,28). The molecular formula is C78H77FN18O8S3. The predicted molar refractivity (Wildman–Crippen MR) is 413 cm³/mol. The molecule has 0 aliphatic carbocycles. The highest BCUT2D eigenvalue weighted by atomic mass is 32.2. The number of nitrogens with one attached hydrogen (secondary N) is 3. The summed E-state index contributed by atoms with van der Waals surface area (Å²) in [4.78, 5) is 38.8. The van der Waals surface area contributed by atoms with Crippen LogP contribution in [0.2, 0.25) is 0 Å². The Bertz CT molecular complexity index is 5900. The summed E-state index contributed by atoms with van der Waals surface area (Å²) in [5.74, 6) is 4.23. The molecule has 6 aromatic carbocycles. The van der Waals surface area contributed by atoms with Crippen LogP contribution in [0.15, 0.2) is 210 Å². The summed E-state index contributed by atoms with van der Waals surface area (Å²) in [6.07, 6.45) is 14.4. The van der Waals surface area contributed by atoms with Crippen molar-refractivity contribution in [3.05, 3.63) is 224 Å². The van der Waals surface area contributed by atoms with Crippen LogP contribution in [-0.2, 0) is 30.1 Å². The van der Waals surface area contributed by atoms with Crippen LogP contribution in [0.1, 0.15) is 79.3 Å². The first kappa shape index (κ1) is 70.8. The Labute approximate surface area is 621 Å². The number of fused-ring (bicyclic) bond motifs is 6. The number of hydrogen-bond donors (Lipinski definition) is 6. The smallest absolute Gasteiger partial charge is 0.246 e. The van der Waals surface area contributed by atoms with Gasteiger partial charge in [-0.05, 0) is 130 Å². The van der Waals surface area contributed by atoms with Crippen molar-refractivity contribution in [2.24, 2.45) is 0 Å². The molecule has 12 heterocycles. The van der Waals surface area contributed by atoms with E-state index in [2.05, 4.69) is 48.1 Å². The Morgan fingerprint density at radius 2 is 0.769 bits per heavy atom. The lowest BCUT2D eigenvalue weighted by Crippen LogP contribution is -2.38. The lowest BCUT2D eigenvalue weighted by Gasteiger charge is -2.31. The van der Waals surface area contributed by atoms with Crippen molar-refractivity contribution >= 4 is 96.8 Å². The number of H-pyrrole nitrogens is 3. The third kappa shape index (κ3) is 13.2. The second-order valence-electron chi connectivity index (χ2n) is 27.2. The van der Waals surface area contributed by atoms with E-state index in [0.29, 0.717) is 106 Å². The van der Waals surface area contributed by atoms with E-state index in [1.165, 1.54) is 53.2 Å². The van der Waals surface area contributed by atoms with Crippen molar-refractivity contribution in [1.82, 2.24) is 71.0 Å². The first-order valence-electron chi connectivity index (χ1n) is 35.4. The quantitative estimate of drug-likeness (QED) is 0.0589. The number of aromatic amines is 3. The monoisotopic (exact) mass is 1510 g/mol. The van der Waals surface area contributed by atoms with E-state index in [1.807, 2.05) is 124 Å². The zero-order valence-corrected chi connectivity index (χ0v) is 61.6. The molecule has 108 heavy (non-hydrogen) atoms. The van der Waals surface area contributed by atoms with Gasteiger partial charge in [-0.3, -0.25) is 13.2 Å². The van der Waals surface area contributed by atoms with Crippen molar-refractivity contribution in [2.75, 3.05) is 70.7 Å². The zero-order chi connectivity index (χ0) is 74.8. The summed E-state index contributed by atoms with van der Waals surface area (Å²) >= 11 is 0. The van der Waals surface area contributed by atoms with Crippen LogP contribution in [0.3, 0.4) is 0 Å².